The smallest absolute Gasteiger partial charge is 0.272 e. The van der Waals surface area contributed by atoms with Crippen LogP contribution < -0.4 is 5.32 Å². The van der Waals surface area contributed by atoms with E-state index in [9.17, 15) is 14.4 Å². The molecule has 0 spiro atoms. The van der Waals surface area contributed by atoms with Crippen LogP contribution >= 0.6 is 0 Å². The van der Waals surface area contributed by atoms with E-state index in [4.69, 9.17) is 4.74 Å². The van der Waals surface area contributed by atoms with Gasteiger partial charge in [-0.25, -0.2) is 0 Å². The standard InChI is InChI=1S/C26H33N5O4/c1-29-18-9-10-22-20(14-18)24(28-30(22)2)25(33)27-11-5-13-31(12-4-8-23(29)32)26(34)19-7-3-6-17-15-35-16-21(17)19/h3,6-7,18H,4-5,8-16H2,1-2H3,(H,27,33). The highest BCUT2D eigenvalue weighted by atomic mass is 16.5. The summed E-state index contributed by atoms with van der Waals surface area (Å²) in [6.07, 6.45) is 3.89. The molecule has 186 valence electrons. The van der Waals surface area contributed by atoms with Crippen molar-refractivity contribution in [1.82, 2.24) is 24.9 Å². The summed E-state index contributed by atoms with van der Waals surface area (Å²) in [5, 5.41) is 7.50. The van der Waals surface area contributed by atoms with E-state index in [1.165, 1.54) is 0 Å². The predicted octanol–water partition coefficient (Wildman–Crippen LogP) is 1.82. The number of likely N-dealkylation sites (N-methyl/N-ethyl adjacent to an activating group) is 1. The summed E-state index contributed by atoms with van der Waals surface area (Å²) in [6, 6.07) is 5.79. The van der Waals surface area contributed by atoms with Crippen molar-refractivity contribution in [2.24, 2.45) is 7.05 Å². The molecule has 0 saturated carbocycles. The number of ether oxygens (including phenoxy) is 1. The molecule has 1 atom stereocenters. The van der Waals surface area contributed by atoms with E-state index < -0.39 is 0 Å². The van der Waals surface area contributed by atoms with Crippen molar-refractivity contribution in [3.8, 4) is 0 Å². The highest BCUT2D eigenvalue weighted by molar-refractivity contribution is 5.96. The molecule has 3 amide bonds. The number of amides is 3. The van der Waals surface area contributed by atoms with Gasteiger partial charge < -0.3 is 19.9 Å². The number of fused-ring (bicyclic) bond motifs is 2. The molecule has 5 rings (SSSR count). The quantitative estimate of drug-likeness (QED) is 0.673. The number of hydrogen-bond donors (Lipinski definition) is 1. The molecule has 1 aromatic carbocycles. The van der Waals surface area contributed by atoms with Crippen molar-refractivity contribution < 1.29 is 19.1 Å². The second kappa shape index (κ2) is 9.81. The zero-order valence-electron chi connectivity index (χ0n) is 20.5. The first-order valence-electron chi connectivity index (χ1n) is 12.5. The summed E-state index contributed by atoms with van der Waals surface area (Å²) >= 11 is 0. The van der Waals surface area contributed by atoms with Gasteiger partial charge in [0.15, 0.2) is 5.69 Å². The Kier molecular flexibility index (Phi) is 6.60. The zero-order valence-corrected chi connectivity index (χ0v) is 20.5. The van der Waals surface area contributed by atoms with Gasteiger partial charge in [-0.3, -0.25) is 19.1 Å². The maximum absolute atomic E-state index is 13.5. The monoisotopic (exact) mass is 479 g/mol. The second-order valence-corrected chi connectivity index (χ2v) is 9.74. The number of nitrogens with one attached hydrogen (secondary N) is 1. The number of carbonyl (C=O) groups excluding carboxylic acids is 3. The van der Waals surface area contributed by atoms with Crippen molar-refractivity contribution in [3.63, 3.8) is 0 Å². The van der Waals surface area contributed by atoms with E-state index in [0.717, 1.165) is 35.2 Å². The molecule has 3 heterocycles. The summed E-state index contributed by atoms with van der Waals surface area (Å²) < 4.78 is 7.36. The fraction of sp³-hybridized carbons (Fsp3) is 0.538. The molecule has 0 radical (unpaired) electrons. The molecular formula is C26H33N5O4. The Morgan fingerprint density at radius 2 is 1.91 bits per heavy atom. The van der Waals surface area contributed by atoms with Crippen LogP contribution in [0, 0.1) is 0 Å². The Balaban J connectivity index is 1.37. The minimum atomic E-state index is -0.192. The first kappa shape index (κ1) is 23.5. The minimum absolute atomic E-state index is 0.0421. The normalized spacial score (nSPS) is 21.3. The summed E-state index contributed by atoms with van der Waals surface area (Å²) in [5.41, 5.74) is 5.16. The van der Waals surface area contributed by atoms with Gasteiger partial charge in [-0.15, -0.1) is 0 Å². The molecule has 2 aliphatic heterocycles. The third-order valence-corrected chi connectivity index (χ3v) is 7.59. The van der Waals surface area contributed by atoms with Gasteiger partial charge in [0.1, 0.15) is 0 Å². The van der Waals surface area contributed by atoms with Crippen LogP contribution in [0.3, 0.4) is 0 Å². The minimum Gasteiger partial charge on any atom is -0.372 e. The predicted molar refractivity (Wildman–Crippen MR) is 129 cm³/mol. The van der Waals surface area contributed by atoms with Crippen LogP contribution in [-0.4, -0.2) is 70.0 Å². The third-order valence-electron chi connectivity index (χ3n) is 7.59. The van der Waals surface area contributed by atoms with Gasteiger partial charge in [-0.2, -0.15) is 5.10 Å². The van der Waals surface area contributed by atoms with Crippen LogP contribution in [0.5, 0.6) is 0 Å². The largest absolute Gasteiger partial charge is 0.372 e. The van der Waals surface area contributed by atoms with Crippen LogP contribution in [0.1, 0.15) is 68.9 Å². The van der Waals surface area contributed by atoms with Gasteiger partial charge in [0, 0.05) is 63.0 Å². The lowest BCUT2D eigenvalue weighted by Crippen LogP contribution is -2.41. The number of carbonyl (C=O) groups is 3. The Morgan fingerprint density at radius 3 is 2.77 bits per heavy atom. The van der Waals surface area contributed by atoms with E-state index in [0.29, 0.717) is 69.8 Å². The number of aryl methyl sites for hydroxylation is 1. The van der Waals surface area contributed by atoms with Crippen LogP contribution in [-0.2, 0) is 42.6 Å². The Hall–Kier alpha value is -3.20. The van der Waals surface area contributed by atoms with Crippen LogP contribution in [0.2, 0.25) is 0 Å². The maximum atomic E-state index is 13.5. The summed E-state index contributed by atoms with van der Waals surface area (Å²) in [4.78, 5) is 43.2. The average molecular weight is 480 g/mol. The molecule has 2 aromatic rings. The van der Waals surface area contributed by atoms with Crippen LogP contribution in [0.4, 0.5) is 0 Å². The second-order valence-electron chi connectivity index (χ2n) is 9.74. The highest BCUT2D eigenvalue weighted by Gasteiger charge is 2.32. The van der Waals surface area contributed by atoms with Gasteiger partial charge in [0.25, 0.3) is 11.8 Å². The average Bonchev–Trinajstić information content (AvgIpc) is 3.48. The van der Waals surface area contributed by atoms with Crippen LogP contribution in [0.25, 0.3) is 0 Å². The molecule has 0 saturated heterocycles. The Morgan fingerprint density at radius 1 is 1.09 bits per heavy atom. The van der Waals surface area contributed by atoms with Crippen molar-refractivity contribution in [3.05, 3.63) is 51.8 Å². The van der Waals surface area contributed by atoms with E-state index in [1.807, 2.05) is 42.1 Å². The van der Waals surface area contributed by atoms with Crippen molar-refractivity contribution >= 4 is 17.7 Å². The molecular weight excluding hydrogens is 446 g/mol. The molecule has 9 nitrogen and oxygen atoms in total. The first-order valence-corrected chi connectivity index (χ1v) is 12.5. The van der Waals surface area contributed by atoms with Gasteiger partial charge in [0.2, 0.25) is 5.91 Å². The number of hydrogen-bond acceptors (Lipinski definition) is 5. The van der Waals surface area contributed by atoms with E-state index >= 15 is 0 Å². The number of aromatic nitrogens is 2. The number of rotatable bonds is 1. The molecule has 3 aliphatic rings. The van der Waals surface area contributed by atoms with Gasteiger partial charge in [-0.05, 0) is 49.3 Å². The topological polar surface area (TPSA) is 96.8 Å². The molecule has 1 N–H and O–H groups in total. The van der Waals surface area contributed by atoms with Gasteiger partial charge in [0.05, 0.1) is 13.2 Å². The third kappa shape index (κ3) is 4.57. The lowest BCUT2D eigenvalue weighted by atomic mass is 9.90. The molecule has 1 aromatic heterocycles. The molecule has 0 fully saturated rings. The summed E-state index contributed by atoms with van der Waals surface area (Å²) in [5.74, 6) is -0.164. The zero-order chi connectivity index (χ0) is 24.5. The van der Waals surface area contributed by atoms with Gasteiger partial charge in [-0.1, -0.05) is 12.1 Å². The highest BCUT2D eigenvalue weighted by Crippen LogP contribution is 2.28. The van der Waals surface area contributed by atoms with E-state index in [-0.39, 0.29) is 23.8 Å². The first-order chi connectivity index (χ1) is 16.9. The molecule has 1 aliphatic carbocycles. The Labute approximate surface area is 205 Å². The molecule has 9 heteroatoms. The maximum Gasteiger partial charge on any atom is 0.272 e. The SMILES string of the molecule is CN1C(=O)CCCN(C(=O)c2cccc3c2COC3)CCCNC(=O)c2nn(C)c3c2CC1CC3. The molecule has 1 unspecified atom stereocenters. The van der Waals surface area contributed by atoms with Crippen molar-refractivity contribution in [2.75, 3.05) is 26.7 Å². The van der Waals surface area contributed by atoms with Crippen molar-refractivity contribution in [1.29, 1.82) is 0 Å². The fourth-order valence-electron chi connectivity index (χ4n) is 5.53. The van der Waals surface area contributed by atoms with E-state index in [1.54, 1.807) is 4.68 Å². The number of benzene rings is 1. The summed E-state index contributed by atoms with van der Waals surface area (Å²) in [7, 11) is 3.72. The fourth-order valence-corrected chi connectivity index (χ4v) is 5.53. The lowest BCUT2D eigenvalue weighted by molar-refractivity contribution is -0.132. The van der Waals surface area contributed by atoms with E-state index in [2.05, 4.69) is 10.4 Å². The molecule has 35 heavy (non-hydrogen) atoms. The summed E-state index contributed by atoms with van der Waals surface area (Å²) in [6.45, 7) is 2.42. The van der Waals surface area contributed by atoms with Crippen molar-refractivity contribution in [2.45, 2.75) is 57.8 Å². The lowest BCUT2D eigenvalue weighted by Gasteiger charge is -2.32. The number of nitrogens with zero attached hydrogens (tertiary/aromatic N) is 4. The van der Waals surface area contributed by atoms with Gasteiger partial charge >= 0.3 is 0 Å². The molecule has 2 bridgehead atoms. The Bertz CT molecular complexity index is 1160. The van der Waals surface area contributed by atoms with Crippen LogP contribution in [0.15, 0.2) is 18.2 Å².